The lowest BCUT2D eigenvalue weighted by molar-refractivity contribution is -0.148. The van der Waals surface area contributed by atoms with E-state index >= 15 is 0 Å². The smallest absolute Gasteiger partial charge is 0.408 e. The number of carbonyl (C=O) groups is 5. The second-order valence-corrected chi connectivity index (χ2v) is 15.7. The van der Waals surface area contributed by atoms with Gasteiger partial charge in [-0.3, -0.25) is 29.2 Å². The van der Waals surface area contributed by atoms with E-state index in [2.05, 4.69) is 21.4 Å². The van der Waals surface area contributed by atoms with Crippen molar-refractivity contribution < 1.29 is 33.8 Å². The van der Waals surface area contributed by atoms with Crippen LogP contribution in [0.2, 0.25) is 0 Å². The highest BCUT2D eigenvalue weighted by molar-refractivity contribution is 5.94. The van der Waals surface area contributed by atoms with Crippen LogP contribution in [0, 0.1) is 11.3 Å². The number of nitrogens with zero attached hydrogens (tertiary/aromatic N) is 2. The summed E-state index contributed by atoms with van der Waals surface area (Å²) in [6, 6.07) is 15.5. The van der Waals surface area contributed by atoms with E-state index in [4.69, 9.17) is 9.72 Å². The molecule has 0 spiro atoms. The second kappa shape index (κ2) is 17.7. The molecule has 1 aliphatic rings. The molecular formula is C41H54N6O7. The fourth-order valence-corrected chi connectivity index (χ4v) is 5.92. The van der Waals surface area contributed by atoms with Gasteiger partial charge in [0, 0.05) is 18.4 Å². The number of carbonyl (C=O) groups excluding carboxylic acids is 4. The van der Waals surface area contributed by atoms with Crippen molar-refractivity contribution in [1.82, 2.24) is 31.4 Å². The van der Waals surface area contributed by atoms with Crippen molar-refractivity contribution >= 4 is 46.8 Å². The fourth-order valence-electron chi connectivity index (χ4n) is 5.92. The molecule has 2 heterocycles. The van der Waals surface area contributed by atoms with Gasteiger partial charge in [-0.1, -0.05) is 74.5 Å². The minimum atomic E-state index is -1.05. The van der Waals surface area contributed by atoms with Gasteiger partial charge in [0.15, 0.2) is 0 Å². The van der Waals surface area contributed by atoms with E-state index in [-0.39, 0.29) is 18.2 Å². The molecule has 0 unspecified atom stereocenters. The Kier molecular flexibility index (Phi) is 13.6. The lowest BCUT2D eigenvalue weighted by Crippen LogP contribution is -2.62. The van der Waals surface area contributed by atoms with E-state index in [1.807, 2.05) is 87.5 Å². The van der Waals surface area contributed by atoms with Crippen molar-refractivity contribution in [3.05, 3.63) is 83.6 Å². The molecule has 3 aromatic rings. The average molecular weight is 743 g/mol. The molecule has 2 aromatic carbocycles. The summed E-state index contributed by atoms with van der Waals surface area (Å²) in [5, 5.41) is 20.3. The minimum absolute atomic E-state index is 0.176. The van der Waals surface area contributed by atoms with Crippen molar-refractivity contribution in [2.24, 2.45) is 11.3 Å². The van der Waals surface area contributed by atoms with E-state index in [0.29, 0.717) is 30.6 Å². The molecule has 1 aliphatic heterocycles. The van der Waals surface area contributed by atoms with Crippen LogP contribution in [0.4, 0.5) is 4.79 Å². The van der Waals surface area contributed by atoms with E-state index in [1.165, 1.54) is 5.01 Å². The van der Waals surface area contributed by atoms with Crippen LogP contribution in [-0.2, 0) is 30.3 Å². The number of ether oxygens (including phenoxy) is 1. The number of hydrogen-bond acceptors (Lipinski definition) is 8. The molecule has 13 nitrogen and oxygen atoms in total. The number of aromatic nitrogens is 1. The zero-order chi connectivity index (χ0) is 39.8. The van der Waals surface area contributed by atoms with Gasteiger partial charge in [-0.15, -0.1) is 0 Å². The molecule has 1 aromatic heterocycles. The summed E-state index contributed by atoms with van der Waals surface area (Å²) < 4.78 is 5.37. The van der Waals surface area contributed by atoms with Crippen molar-refractivity contribution in [1.29, 1.82) is 0 Å². The fraction of sp³-hybridized carbons (Fsp3) is 0.463. The van der Waals surface area contributed by atoms with Gasteiger partial charge in [0.1, 0.15) is 23.7 Å². The quantitative estimate of drug-likeness (QED) is 0.155. The Balaban J connectivity index is 1.47. The number of hydrogen-bond donors (Lipinski definition) is 5. The third kappa shape index (κ3) is 11.6. The van der Waals surface area contributed by atoms with Crippen LogP contribution in [0.1, 0.15) is 91.1 Å². The number of amides is 4. The largest absolute Gasteiger partial charge is 0.480 e. The molecule has 0 saturated carbocycles. The summed E-state index contributed by atoms with van der Waals surface area (Å²) in [4.78, 5) is 70.0. The normalized spacial score (nSPS) is 16.8. The van der Waals surface area contributed by atoms with E-state index in [1.54, 1.807) is 40.7 Å². The highest BCUT2D eigenvalue weighted by Crippen LogP contribution is 2.24. The predicted octanol–water partition coefficient (Wildman–Crippen LogP) is 5.31. The Morgan fingerprint density at radius 2 is 1.65 bits per heavy atom. The SMILES string of the molecule is CC(C)[C@H](NC(=O)C(C)(C)/C=C/c1ccc2ccc([C@@H](C)NC(=O)OC(C)(C)C)nc2c1)C(=O)N[C@@H](Cc1ccccc1)C(=O)N1CCC[C@@H](C(=O)O)N1. The third-order valence-electron chi connectivity index (χ3n) is 9.08. The van der Waals surface area contributed by atoms with E-state index in [0.717, 1.165) is 16.5 Å². The molecule has 4 amide bonds. The number of benzene rings is 2. The predicted molar refractivity (Wildman–Crippen MR) is 207 cm³/mol. The van der Waals surface area contributed by atoms with Crippen molar-refractivity contribution in [3.8, 4) is 0 Å². The van der Waals surface area contributed by atoms with Crippen molar-refractivity contribution in [2.75, 3.05) is 6.54 Å². The molecule has 4 atom stereocenters. The van der Waals surface area contributed by atoms with Crippen LogP contribution >= 0.6 is 0 Å². The van der Waals surface area contributed by atoms with Crippen molar-refractivity contribution in [3.63, 3.8) is 0 Å². The Hall–Kier alpha value is -5.30. The molecule has 290 valence electrons. The molecule has 5 N–H and O–H groups in total. The van der Waals surface area contributed by atoms with Gasteiger partial charge in [-0.2, -0.15) is 0 Å². The minimum Gasteiger partial charge on any atom is -0.480 e. The zero-order valence-electron chi connectivity index (χ0n) is 32.4. The van der Waals surface area contributed by atoms with Crippen LogP contribution in [0.5, 0.6) is 0 Å². The molecule has 4 rings (SSSR count). The maximum atomic E-state index is 13.8. The lowest BCUT2D eigenvalue weighted by atomic mass is 9.89. The average Bonchev–Trinajstić information content (AvgIpc) is 3.11. The zero-order valence-corrected chi connectivity index (χ0v) is 32.4. The summed E-state index contributed by atoms with van der Waals surface area (Å²) in [6.45, 7) is 14.6. The van der Waals surface area contributed by atoms with Crippen LogP contribution in [0.3, 0.4) is 0 Å². The topological polar surface area (TPSA) is 179 Å². The van der Waals surface area contributed by atoms with Crippen LogP contribution in [-0.4, -0.2) is 75.2 Å². The molecule has 0 bridgehead atoms. The Morgan fingerprint density at radius 1 is 0.963 bits per heavy atom. The molecule has 1 fully saturated rings. The third-order valence-corrected chi connectivity index (χ3v) is 9.08. The Bertz CT molecular complexity index is 1850. The number of carboxylic acid groups (broad SMARTS) is 1. The summed E-state index contributed by atoms with van der Waals surface area (Å²) in [6.07, 6.45) is 4.11. The molecule has 1 saturated heterocycles. The maximum absolute atomic E-state index is 13.8. The van der Waals surface area contributed by atoms with Crippen LogP contribution in [0.25, 0.3) is 17.0 Å². The molecule has 0 aliphatic carbocycles. The number of hydrazine groups is 1. The van der Waals surface area contributed by atoms with Gasteiger partial charge in [0.25, 0.3) is 5.91 Å². The molecule has 13 heteroatoms. The van der Waals surface area contributed by atoms with Gasteiger partial charge in [-0.05, 0) is 83.6 Å². The number of aliphatic carboxylic acids is 1. The number of pyridine rings is 1. The molecule has 54 heavy (non-hydrogen) atoms. The first-order valence-corrected chi connectivity index (χ1v) is 18.4. The Labute approximate surface area is 317 Å². The highest BCUT2D eigenvalue weighted by Gasteiger charge is 2.36. The van der Waals surface area contributed by atoms with Crippen molar-refractivity contribution in [2.45, 2.75) is 104 Å². The summed E-state index contributed by atoms with van der Waals surface area (Å²) in [5.41, 5.74) is 4.12. The first-order chi connectivity index (χ1) is 25.3. The summed E-state index contributed by atoms with van der Waals surface area (Å²) in [5.74, 6) is -2.74. The monoisotopic (exact) mass is 742 g/mol. The van der Waals surface area contributed by atoms with Gasteiger partial charge in [0.05, 0.1) is 22.7 Å². The maximum Gasteiger partial charge on any atom is 0.408 e. The highest BCUT2D eigenvalue weighted by atomic mass is 16.6. The summed E-state index contributed by atoms with van der Waals surface area (Å²) >= 11 is 0. The molecular weight excluding hydrogens is 688 g/mol. The van der Waals surface area contributed by atoms with Crippen LogP contribution < -0.4 is 21.4 Å². The number of carboxylic acids is 1. The Morgan fingerprint density at radius 3 is 2.30 bits per heavy atom. The first-order valence-electron chi connectivity index (χ1n) is 18.4. The lowest BCUT2D eigenvalue weighted by Gasteiger charge is -2.35. The van der Waals surface area contributed by atoms with Gasteiger partial charge in [0.2, 0.25) is 11.8 Å². The molecule has 0 radical (unpaired) electrons. The standard InChI is InChI=1S/C41H54N6O7/c1-25(2)34(35(48)44-33(24-27-13-10-9-11-14-27)36(49)47-22-12-15-31(46-47)37(50)51)45-38(52)41(7,8)21-20-28-16-17-29-18-19-30(43-32(29)23-28)26(3)42-39(53)54-40(4,5)6/h9-11,13-14,16-21,23,25-26,31,33-34,46H,12,15,22,24H2,1-8H3,(H,42,53)(H,44,48)(H,45,52)(H,50,51)/b21-20+/t26-,31+,33+,34+/m1/s1. The van der Waals surface area contributed by atoms with Gasteiger partial charge >= 0.3 is 12.1 Å². The number of alkyl carbamates (subject to hydrolysis) is 1. The number of rotatable bonds is 13. The number of fused-ring (bicyclic) bond motifs is 1. The van der Waals surface area contributed by atoms with Gasteiger partial charge in [-0.25, -0.2) is 10.2 Å². The number of nitrogens with one attached hydrogen (secondary N) is 4. The first kappa shape index (κ1) is 41.5. The van der Waals surface area contributed by atoms with Gasteiger partial charge < -0.3 is 25.8 Å². The van der Waals surface area contributed by atoms with E-state index < -0.39 is 59.1 Å². The second-order valence-electron chi connectivity index (χ2n) is 15.7. The van der Waals surface area contributed by atoms with E-state index in [9.17, 15) is 29.1 Å². The summed E-state index contributed by atoms with van der Waals surface area (Å²) in [7, 11) is 0. The van der Waals surface area contributed by atoms with Crippen LogP contribution in [0.15, 0.2) is 66.7 Å².